The molecule has 1 aromatic rings. The van der Waals surface area contributed by atoms with E-state index in [1.165, 1.54) is 5.56 Å². The first-order valence-corrected chi connectivity index (χ1v) is 4.96. The highest BCUT2D eigenvalue weighted by molar-refractivity contribution is 5.74. The summed E-state index contributed by atoms with van der Waals surface area (Å²) in [6.45, 7) is 3.21. The Morgan fingerprint density at radius 3 is 2.47 bits per heavy atom. The number of hydrogen-bond acceptors (Lipinski definition) is 2. The summed E-state index contributed by atoms with van der Waals surface area (Å²) in [5.41, 5.74) is 1.90. The van der Waals surface area contributed by atoms with E-state index >= 15 is 0 Å². The highest BCUT2D eigenvalue weighted by Gasteiger charge is 2.29. The van der Waals surface area contributed by atoms with Gasteiger partial charge in [-0.1, -0.05) is 12.1 Å². The number of carbonyl (C=O) groups excluding carboxylic acids is 1. The van der Waals surface area contributed by atoms with E-state index in [-0.39, 0.29) is 5.91 Å². The molecule has 1 aromatic carbocycles. The second kappa shape index (κ2) is 3.74. The summed E-state index contributed by atoms with van der Waals surface area (Å²) in [4.78, 5) is 12.8. The van der Waals surface area contributed by atoms with Crippen molar-refractivity contribution < 1.29 is 4.79 Å². The average Bonchev–Trinajstić information content (AvgIpc) is 2.16. The van der Waals surface area contributed by atoms with Crippen LogP contribution in [-0.2, 0) is 4.79 Å². The Bertz CT molecular complexity index is 410. The number of benzene rings is 1. The number of amides is 1. The van der Waals surface area contributed by atoms with Gasteiger partial charge in [0.2, 0.25) is 5.91 Å². The Morgan fingerprint density at radius 2 is 2.00 bits per heavy atom. The van der Waals surface area contributed by atoms with Crippen molar-refractivity contribution in [3.63, 3.8) is 0 Å². The zero-order valence-corrected chi connectivity index (χ0v) is 8.60. The van der Waals surface area contributed by atoms with E-state index in [0.29, 0.717) is 11.5 Å². The van der Waals surface area contributed by atoms with Gasteiger partial charge >= 0.3 is 0 Å². The zero-order chi connectivity index (χ0) is 10.8. The minimum Gasteiger partial charge on any atom is -0.342 e. The maximum Gasteiger partial charge on any atom is 0.219 e. The topological polar surface area (TPSA) is 44.1 Å². The molecule has 0 atom stereocenters. The van der Waals surface area contributed by atoms with Crippen molar-refractivity contribution >= 4 is 5.91 Å². The molecule has 3 nitrogen and oxygen atoms in total. The molecule has 15 heavy (non-hydrogen) atoms. The molecule has 0 spiro atoms. The van der Waals surface area contributed by atoms with Crippen molar-refractivity contribution in [2.24, 2.45) is 0 Å². The molecule has 2 rings (SSSR count). The predicted octanol–water partition coefficient (Wildman–Crippen LogP) is 1.50. The standard InChI is InChI=1S/C12H12N2O/c1-9(15)14-7-12(8-14)11-4-2-10(6-13)3-5-11/h2-5,12H,7-8H2,1H3. The van der Waals surface area contributed by atoms with Crippen LogP contribution in [0, 0.1) is 11.3 Å². The molecule has 1 fully saturated rings. The highest BCUT2D eigenvalue weighted by atomic mass is 16.2. The lowest BCUT2D eigenvalue weighted by molar-refractivity contribution is -0.133. The third-order valence-electron chi connectivity index (χ3n) is 2.84. The summed E-state index contributed by atoms with van der Waals surface area (Å²) in [5.74, 6) is 0.585. The fourth-order valence-electron chi connectivity index (χ4n) is 1.78. The van der Waals surface area contributed by atoms with Gasteiger partial charge in [0.25, 0.3) is 0 Å². The van der Waals surface area contributed by atoms with Crippen LogP contribution in [0.4, 0.5) is 0 Å². The lowest BCUT2D eigenvalue weighted by atomic mass is 9.91. The molecule has 1 heterocycles. The first-order valence-electron chi connectivity index (χ1n) is 4.96. The van der Waals surface area contributed by atoms with Crippen LogP contribution < -0.4 is 0 Å². The van der Waals surface area contributed by atoms with Gasteiger partial charge in [-0.15, -0.1) is 0 Å². The zero-order valence-electron chi connectivity index (χ0n) is 8.60. The van der Waals surface area contributed by atoms with Gasteiger partial charge in [0.05, 0.1) is 11.6 Å². The molecule has 0 bridgehead atoms. The molecule has 0 saturated carbocycles. The molecule has 0 radical (unpaired) electrons. The molecule has 1 aliphatic rings. The number of nitrogens with zero attached hydrogens (tertiary/aromatic N) is 2. The second-order valence-corrected chi connectivity index (χ2v) is 3.85. The smallest absolute Gasteiger partial charge is 0.219 e. The minimum absolute atomic E-state index is 0.139. The summed E-state index contributed by atoms with van der Waals surface area (Å²) in [6, 6.07) is 9.69. The number of hydrogen-bond donors (Lipinski definition) is 0. The molecule has 0 unspecified atom stereocenters. The number of likely N-dealkylation sites (tertiary alicyclic amines) is 1. The van der Waals surface area contributed by atoms with Gasteiger partial charge in [0, 0.05) is 25.9 Å². The van der Waals surface area contributed by atoms with Crippen LogP contribution in [0.15, 0.2) is 24.3 Å². The van der Waals surface area contributed by atoms with Crippen molar-refractivity contribution in [3.8, 4) is 6.07 Å². The van der Waals surface area contributed by atoms with Crippen LogP contribution in [0.1, 0.15) is 24.0 Å². The quantitative estimate of drug-likeness (QED) is 0.689. The third-order valence-corrected chi connectivity index (χ3v) is 2.84. The normalized spacial score (nSPS) is 15.6. The van der Waals surface area contributed by atoms with E-state index in [9.17, 15) is 4.79 Å². The van der Waals surface area contributed by atoms with E-state index in [4.69, 9.17) is 5.26 Å². The molecule has 1 aliphatic heterocycles. The second-order valence-electron chi connectivity index (χ2n) is 3.85. The van der Waals surface area contributed by atoms with E-state index in [0.717, 1.165) is 13.1 Å². The van der Waals surface area contributed by atoms with Crippen LogP contribution in [-0.4, -0.2) is 23.9 Å². The Labute approximate surface area is 88.9 Å². The van der Waals surface area contributed by atoms with Gasteiger partial charge in [0.1, 0.15) is 0 Å². The fourth-order valence-corrected chi connectivity index (χ4v) is 1.78. The molecular weight excluding hydrogens is 188 g/mol. The van der Waals surface area contributed by atoms with Crippen LogP contribution in [0.5, 0.6) is 0 Å². The Balaban J connectivity index is 2.02. The lowest BCUT2D eigenvalue weighted by Crippen LogP contribution is -2.47. The number of nitriles is 1. The monoisotopic (exact) mass is 200 g/mol. The van der Waals surface area contributed by atoms with Crippen molar-refractivity contribution in [3.05, 3.63) is 35.4 Å². The highest BCUT2D eigenvalue weighted by Crippen LogP contribution is 2.26. The summed E-state index contributed by atoms with van der Waals surface area (Å²) in [7, 11) is 0. The number of rotatable bonds is 1. The van der Waals surface area contributed by atoms with Crippen LogP contribution >= 0.6 is 0 Å². The molecule has 0 aliphatic carbocycles. The third kappa shape index (κ3) is 1.84. The molecule has 1 amide bonds. The molecule has 1 saturated heterocycles. The van der Waals surface area contributed by atoms with Crippen LogP contribution in [0.3, 0.4) is 0 Å². The Hall–Kier alpha value is -1.82. The van der Waals surface area contributed by atoms with Crippen molar-refractivity contribution in [2.45, 2.75) is 12.8 Å². The van der Waals surface area contributed by atoms with Crippen molar-refractivity contribution in [2.75, 3.05) is 13.1 Å². The molecule has 0 N–H and O–H groups in total. The maximum atomic E-state index is 11.0. The van der Waals surface area contributed by atoms with Gasteiger partial charge < -0.3 is 4.90 Å². The maximum absolute atomic E-state index is 11.0. The largest absolute Gasteiger partial charge is 0.342 e. The summed E-state index contributed by atoms with van der Waals surface area (Å²) < 4.78 is 0. The van der Waals surface area contributed by atoms with Gasteiger partial charge in [-0.05, 0) is 17.7 Å². The number of carbonyl (C=O) groups is 1. The molecule has 0 aromatic heterocycles. The SMILES string of the molecule is CC(=O)N1CC(c2ccc(C#N)cc2)C1. The van der Waals surface area contributed by atoms with Gasteiger partial charge in [-0.2, -0.15) is 5.26 Å². The average molecular weight is 200 g/mol. The van der Waals surface area contributed by atoms with E-state index in [1.54, 1.807) is 6.92 Å². The van der Waals surface area contributed by atoms with Crippen molar-refractivity contribution in [1.82, 2.24) is 4.90 Å². The summed E-state index contributed by atoms with van der Waals surface area (Å²) in [5, 5.41) is 8.65. The first kappa shape index (κ1) is 9.72. The summed E-state index contributed by atoms with van der Waals surface area (Å²) in [6.07, 6.45) is 0. The van der Waals surface area contributed by atoms with Crippen molar-refractivity contribution in [1.29, 1.82) is 5.26 Å². The van der Waals surface area contributed by atoms with E-state index < -0.39 is 0 Å². The molecule has 3 heteroatoms. The predicted molar refractivity (Wildman–Crippen MR) is 56.2 cm³/mol. The fraction of sp³-hybridized carbons (Fsp3) is 0.333. The van der Waals surface area contributed by atoms with E-state index in [2.05, 4.69) is 6.07 Å². The molecule has 76 valence electrons. The van der Waals surface area contributed by atoms with Gasteiger partial charge in [0.15, 0.2) is 0 Å². The van der Waals surface area contributed by atoms with Gasteiger partial charge in [-0.25, -0.2) is 0 Å². The summed E-state index contributed by atoms with van der Waals surface area (Å²) >= 11 is 0. The van der Waals surface area contributed by atoms with E-state index in [1.807, 2.05) is 29.2 Å². The van der Waals surface area contributed by atoms with Gasteiger partial charge in [-0.3, -0.25) is 4.79 Å². The minimum atomic E-state index is 0.139. The lowest BCUT2D eigenvalue weighted by Gasteiger charge is -2.38. The Morgan fingerprint density at radius 1 is 1.40 bits per heavy atom. The van der Waals surface area contributed by atoms with Crippen LogP contribution in [0.2, 0.25) is 0 Å². The first-order chi connectivity index (χ1) is 7.20. The Kier molecular flexibility index (Phi) is 2.42. The van der Waals surface area contributed by atoms with Crippen LogP contribution in [0.25, 0.3) is 0 Å². The molecular formula is C12H12N2O.